The smallest absolute Gasteiger partial charge is 0.0412 e. The zero-order chi connectivity index (χ0) is 9.26. The molecule has 1 heteroatoms. The summed E-state index contributed by atoms with van der Waals surface area (Å²) in [5.74, 6) is 0. The first-order valence-electron chi connectivity index (χ1n) is 4.12. The van der Waals surface area contributed by atoms with E-state index in [1.54, 1.807) is 0 Å². The van der Waals surface area contributed by atoms with Crippen molar-refractivity contribution in [3.8, 4) is 0 Å². The third-order valence-electron chi connectivity index (χ3n) is 2.10. The maximum Gasteiger partial charge on any atom is 0.0412 e. The minimum atomic E-state index is 0.772. The van der Waals surface area contributed by atoms with Gasteiger partial charge in [-0.1, -0.05) is 48.5 Å². The Labute approximate surface area is 82.5 Å². The molecule has 0 bridgehead atoms. The number of benzene rings is 2. The SMILES string of the molecule is C=Cc1cccc2cc(Cl)ccc12. The van der Waals surface area contributed by atoms with Crippen LogP contribution in [0.25, 0.3) is 16.8 Å². The minimum Gasteiger partial charge on any atom is -0.0984 e. The van der Waals surface area contributed by atoms with Gasteiger partial charge < -0.3 is 0 Å². The maximum absolute atomic E-state index is 5.89. The number of halogens is 1. The van der Waals surface area contributed by atoms with Crippen LogP contribution in [0.4, 0.5) is 0 Å². The van der Waals surface area contributed by atoms with Crippen molar-refractivity contribution in [1.29, 1.82) is 0 Å². The Hall–Kier alpha value is -1.27. The van der Waals surface area contributed by atoms with Crippen LogP contribution in [-0.2, 0) is 0 Å². The summed E-state index contributed by atoms with van der Waals surface area (Å²) < 4.78 is 0. The second-order valence-electron chi connectivity index (χ2n) is 2.92. The van der Waals surface area contributed by atoms with Crippen molar-refractivity contribution in [3.05, 3.63) is 53.6 Å². The van der Waals surface area contributed by atoms with Crippen molar-refractivity contribution in [1.82, 2.24) is 0 Å². The van der Waals surface area contributed by atoms with Gasteiger partial charge in [-0.3, -0.25) is 0 Å². The van der Waals surface area contributed by atoms with Crippen LogP contribution >= 0.6 is 11.6 Å². The Morgan fingerprint density at radius 2 is 2.00 bits per heavy atom. The summed E-state index contributed by atoms with van der Waals surface area (Å²) >= 11 is 5.89. The monoisotopic (exact) mass is 188 g/mol. The largest absolute Gasteiger partial charge is 0.0984 e. The lowest BCUT2D eigenvalue weighted by molar-refractivity contribution is 1.71. The Kier molecular flexibility index (Phi) is 2.07. The van der Waals surface area contributed by atoms with Crippen LogP contribution in [0, 0.1) is 0 Å². The molecule has 0 heterocycles. The first-order valence-corrected chi connectivity index (χ1v) is 4.50. The minimum absolute atomic E-state index is 0.772. The molecule has 0 unspecified atom stereocenters. The van der Waals surface area contributed by atoms with Gasteiger partial charge in [0.2, 0.25) is 0 Å². The van der Waals surface area contributed by atoms with Crippen molar-refractivity contribution < 1.29 is 0 Å². The molecule has 0 saturated carbocycles. The van der Waals surface area contributed by atoms with Crippen molar-refractivity contribution in [2.45, 2.75) is 0 Å². The first kappa shape index (κ1) is 8.33. The average molecular weight is 189 g/mol. The Morgan fingerprint density at radius 3 is 2.77 bits per heavy atom. The van der Waals surface area contributed by atoms with Gasteiger partial charge in [0.15, 0.2) is 0 Å². The van der Waals surface area contributed by atoms with Crippen molar-refractivity contribution in [3.63, 3.8) is 0 Å². The summed E-state index contributed by atoms with van der Waals surface area (Å²) in [6.45, 7) is 3.77. The molecule has 0 saturated heterocycles. The molecule has 0 amide bonds. The highest BCUT2D eigenvalue weighted by Crippen LogP contribution is 2.22. The number of hydrogen-bond donors (Lipinski definition) is 0. The average Bonchev–Trinajstić information content (AvgIpc) is 2.16. The highest BCUT2D eigenvalue weighted by molar-refractivity contribution is 6.31. The van der Waals surface area contributed by atoms with Gasteiger partial charge in [-0.2, -0.15) is 0 Å². The molecule has 0 radical (unpaired) electrons. The van der Waals surface area contributed by atoms with Gasteiger partial charge >= 0.3 is 0 Å². The topological polar surface area (TPSA) is 0 Å². The molecule has 64 valence electrons. The third kappa shape index (κ3) is 1.45. The first-order chi connectivity index (χ1) is 6.31. The second kappa shape index (κ2) is 3.23. The zero-order valence-electron chi connectivity index (χ0n) is 7.13. The molecule has 13 heavy (non-hydrogen) atoms. The summed E-state index contributed by atoms with van der Waals surface area (Å²) in [7, 11) is 0. The van der Waals surface area contributed by atoms with E-state index in [4.69, 9.17) is 11.6 Å². The molecule has 0 aliphatic carbocycles. The van der Waals surface area contributed by atoms with E-state index in [2.05, 4.69) is 6.58 Å². The molecule has 0 N–H and O–H groups in total. The highest BCUT2D eigenvalue weighted by atomic mass is 35.5. The summed E-state index contributed by atoms with van der Waals surface area (Å²) in [5, 5.41) is 3.13. The van der Waals surface area contributed by atoms with E-state index < -0.39 is 0 Å². The molecule has 0 aromatic heterocycles. The molecule has 2 rings (SSSR count). The molecule has 0 fully saturated rings. The van der Waals surface area contributed by atoms with Gasteiger partial charge in [0.25, 0.3) is 0 Å². The predicted octanol–water partition coefficient (Wildman–Crippen LogP) is 4.14. The van der Waals surface area contributed by atoms with E-state index in [0.29, 0.717) is 0 Å². The number of fused-ring (bicyclic) bond motifs is 1. The van der Waals surface area contributed by atoms with Crippen molar-refractivity contribution in [2.75, 3.05) is 0 Å². The van der Waals surface area contributed by atoms with Crippen LogP contribution < -0.4 is 0 Å². The summed E-state index contributed by atoms with van der Waals surface area (Å²) in [6.07, 6.45) is 1.86. The number of rotatable bonds is 1. The third-order valence-corrected chi connectivity index (χ3v) is 2.33. The highest BCUT2D eigenvalue weighted by Gasteiger charge is 1.97. The predicted molar refractivity (Wildman–Crippen MR) is 59.0 cm³/mol. The van der Waals surface area contributed by atoms with E-state index >= 15 is 0 Å². The van der Waals surface area contributed by atoms with E-state index in [1.807, 2.05) is 42.5 Å². The van der Waals surface area contributed by atoms with E-state index in [-0.39, 0.29) is 0 Å². The fourth-order valence-corrected chi connectivity index (χ4v) is 1.64. The van der Waals surface area contributed by atoms with E-state index in [9.17, 15) is 0 Å². The van der Waals surface area contributed by atoms with Gasteiger partial charge in [-0.15, -0.1) is 0 Å². The Morgan fingerprint density at radius 1 is 1.15 bits per heavy atom. The molecular weight excluding hydrogens is 180 g/mol. The quantitative estimate of drug-likeness (QED) is 0.631. The lowest BCUT2D eigenvalue weighted by atomic mass is 10.1. The lowest BCUT2D eigenvalue weighted by Gasteiger charge is -2.01. The standard InChI is InChI=1S/C12H9Cl/c1-2-9-4-3-5-10-8-11(13)6-7-12(9)10/h2-8H,1H2. The molecule has 0 aliphatic rings. The van der Waals surface area contributed by atoms with Gasteiger partial charge in [0.1, 0.15) is 0 Å². The van der Waals surface area contributed by atoms with Crippen molar-refractivity contribution >= 4 is 28.4 Å². The van der Waals surface area contributed by atoms with Crippen molar-refractivity contribution in [2.24, 2.45) is 0 Å². The number of hydrogen-bond acceptors (Lipinski definition) is 0. The molecule has 2 aromatic carbocycles. The lowest BCUT2D eigenvalue weighted by Crippen LogP contribution is -1.77. The van der Waals surface area contributed by atoms with Gasteiger partial charge in [0, 0.05) is 5.02 Å². The summed E-state index contributed by atoms with van der Waals surface area (Å²) in [4.78, 5) is 0. The Bertz CT molecular complexity index is 458. The summed E-state index contributed by atoms with van der Waals surface area (Å²) in [5.41, 5.74) is 1.15. The fourth-order valence-electron chi connectivity index (χ4n) is 1.46. The molecular formula is C12H9Cl. The van der Waals surface area contributed by atoms with Crippen LogP contribution in [-0.4, -0.2) is 0 Å². The molecule has 0 spiro atoms. The second-order valence-corrected chi connectivity index (χ2v) is 3.35. The maximum atomic E-state index is 5.89. The normalized spacial score (nSPS) is 10.2. The zero-order valence-corrected chi connectivity index (χ0v) is 7.88. The molecule has 0 atom stereocenters. The van der Waals surface area contributed by atoms with Gasteiger partial charge in [-0.05, 0) is 28.5 Å². The van der Waals surface area contributed by atoms with Crippen LogP contribution in [0.2, 0.25) is 5.02 Å². The Balaban J connectivity index is 2.84. The molecule has 0 nitrogen and oxygen atoms in total. The van der Waals surface area contributed by atoms with Crippen LogP contribution in [0.5, 0.6) is 0 Å². The molecule has 0 aliphatic heterocycles. The summed E-state index contributed by atoms with van der Waals surface area (Å²) in [6, 6.07) is 12.0. The van der Waals surface area contributed by atoms with Crippen LogP contribution in [0.15, 0.2) is 43.0 Å². The van der Waals surface area contributed by atoms with Crippen LogP contribution in [0.3, 0.4) is 0 Å². The van der Waals surface area contributed by atoms with Gasteiger partial charge in [-0.25, -0.2) is 0 Å². The van der Waals surface area contributed by atoms with Gasteiger partial charge in [0.05, 0.1) is 0 Å². The van der Waals surface area contributed by atoms with Crippen LogP contribution in [0.1, 0.15) is 5.56 Å². The van der Waals surface area contributed by atoms with E-state index in [1.165, 1.54) is 5.39 Å². The molecule has 2 aromatic rings. The van der Waals surface area contributed by atoms with E-state index in [0.717, 1.165) is 16.0 Å². The fraction of sp³-hybridized carbons (Fsp3) is 0.